The molecule has 0 aliphatic carbocycles. The van der Waals surface area contributed by atoms with E-state index in [-0.39, 0.29) is 6.54 Å². The summed E-state index contributed by atoms with van der Waals surface area (Å²) in [6, 6.07) is -0.786. The zero-order chi connectivity index (χ0) is 12.2. The molecule has 0 spiro atoms. The molecule has 0 rings (SSSR count). The first-order valence-electron chi connectivity index (χ1n) is 5.02. The van der Waals surface area contributed by atoms with Gasteiger partial charge in [-0.25, -0.2) is 5.48 Å². The fourth-order valence-electron chi connectivity index (χ4n) is 0.960. The molecule has 0 saturated heterocycles. The second kappa shape index (κ2) is 10.2. The SMILES string of the molecule is [N-]=[N+]=NCCONCCCC[C@H](N)C(=O)O. The highest BCUT2D eigenvalue weighted by molar-refractivity contribution is 5.72. The topological polar surface area (TPSA) is 133 Å². The van der Waals surface area contributed by atoms with Gasteiger partial charge >= 0.3 is 5.97 Å². The van der Waals surface area contributed by atoms with Crippen LogP contribution in [0.4, 0.5) is 0 Å². The summed E-state index contributed by atoms with van der Waals surface area (Å²) in [6.45, 7) is 1.22. The van der Waals surface area contributed by atoms with E-state index >= 15 is 0 Å². The summed E-state index contributed by atoms with van der Waals surface area (Å²) >= 11 is 0. The highest BCUT2D eigenvalue weighted by atomic mass is 16.6. The Balaban J connectivity index is 3.15. The minimum atomic E-state index is -0.974. The predicted octanol–water partition coefficient (Wildman–Crippen LogP) is 0.400. The monoisotopic (exact) mass is 231 g/mol. The van der Waals surface area contributed by atoms with Crippen molar-refractivity contribution < 1.29 is 14.7 Å². The van der Waals surface area contributed by atoms with Gasteiger partial charge in [-0.3, -0.25) is 4.79 Å². The van der Waals surface area contributed by atoms with E-state index in [0.29, 0.717) is 19.6 Å². The molecule has 0 aliphatic heterocycles. The summed E-state index contributed by atoms with van der Waals surface area (Å²) in [7, 11) is 0. The van der Waals surface area contributed by atoms with Gasteiger partial charge in [0.25, 0.3) is 0 Å². The number of rotatable bonds is 10. The number of hydroxylamine groups is 1. The molecule has 0 amide bonds. The first-order valence-corrected chi connectivity index (χ1v) is 5.02. The van der Waals surface area contributed by atoms with Gasteiger partial charge < -0.3 is 15.7 Å². The third-order valence-electron chi connectivity index (χ3n) is 1.82. The number of aliphatic carboxylic acids is 1. The Labute approximate surface area is 93.3 Å². The number of hydrogen-bond acceptors (Lipinski definition) is 5. The smallest absolute Gasteiger partial charge is 0.320 e. The first kappa shape index (κ1) is 14.7. The van der Waals surface area contributed by atoms with Crippen molar-refractivity contribution in [2.24, 2.45) is 10.8 Å². The maximum absolute atomic E-state index is 10.4. The summed E-state index contributed by atoms with van der Waals surface area (Å²) < 4.78 is 0. The second-order valence-electron chi connectivity index (χ2n) is 3.14. The van der Waals surface area contributed by atoms with Crippen LogP contribution >= 0.6 is 0 Å². The van der Waals surface area contributed by atoms with Gasteiger partial charge in [0.15, 0.2) is 0 Å². The van der Waals surface area contributed by atoms with Crippen LogP contribution in [0.1, 0.15) is 19.3 Å². The molecule has 4 N–H and O–H groups in total. The summed E-state index contributed by atoms with van der Waals surface area (Å²) in [5.74, 6) is -0.974. The molecule has 0 aromatic rings. The van der Waals surface area contributed by atoms with Crippen LogP contribution in [0.2, 0.25) is 0 Å². The number of hydrogen-bond donors (Lipinski definition) is 3. The fraction of sp³-hybridized carbons (Fsp3) is 0.875. The van der Waals surface area contributed by atoms with Gasteiger partial charge in [-0.05, 0) is 24.8 Å². The van der Waals surface area contributed by atoms with E-state index in [9.17, 15) is 4.79 Å². The van der Waals surface area contributed by atoms with E-state index in [2.05, 4.69) is 15.5 Å². The lowest BCUT2D eigenvalue weighted by Gasteiger charge is -2.06. The predicted molar refractivity (Wildman–Crippen MR) is 57.4 cm³/mol. The Kier molecular flexibility index (Phi) is 9.33. The van der Waals surface area contributed by atoms with Crippen LogP contribution in [0.15, 0.2) is 5.11 Å². The number of azide groups is 1. The van der Waals surface area contributed by atoms with E-state index in [1.807, 2.05) is 0 Å². The van der Waals surface area contributed by atoms with Gasteiger partial charge in [0, 0.05) is 11.5 Å². The highest BCUT2D eigenvalue weighted by Crippen LogP contribution is 1.98. The van der Waals surface area contributed by atoms with Crippen molar-refractivity contribution in [3.63, 3.8) is 0 Å². The quantitative estimate of drug-likeness (QED) is 0.164. The molecule has 0 saturated carbocycles. The molecule has 0 radical (unpaired) electrons. The van der Waals surface area contributed by atoms with Gasteiger partial charge in [-0.1, -0.05) is 5.11 Å². The lowest BCUT2D eigenvalue weighted by Crippen LogP contribution is -2.30. The number of nitrogens with one attached hydrogen (secondary N) is 1. The van der Waals surface area contributed by atoms with Gasteiger partial charge in [0.2, 0.25) is 0 Å². The van der Waals surface area contributed by atoms with E-state index in [4.69, 9.17) is 21.2 Å². The number of nitrogens with zero attached hydrogens (tertiary/aromatic N) is 3. The highest BCUT2D eigenvalue weighted by Gasteiger charge is 2.09. The number of carbonyl (C=O) groups is 1. The zero-order valence-corrected chi connectivity index (χ0v) is 9.00. The van der Waals surface area contributed by atoms with Crippen LogP contribution in [0.5, 0.6) is 0 Å². The molecule has 0 fully saturated rings. The van der Waals surface area contributed by atoms with Gasteiger partial charge in [-0.2, -0.15) is 0 Å². The maximum atomic E-state index is 10.4. The minimum Gasteiger partial charge on any atom is -0.480 e. The molecule has 0 aromatic carbocycles. The van der Waals surface area contributed by atoms with E-state index in [1.165, 1.54) is 0 Å². The van der Waals surface area contributed by atoms with Crippen molar-refractivity contribution in [2.45, 2.75) is 25.3 Å². The normalized spacial score (nSPS) is 11.8. The maximum Gasteiger partial charge on any atom is 0.320 e. The molecule has 0 heterocycles. The van der Waals surface area contributed by atoms with Crippen molar-refractivity contribution in [3.05, 3.63) is 10.4 Å². The Hall–Kier alpha value is -1.34. The molecule has 0 aromatic heterocycles. The van der Waals surface area contributed by atoms with E-state index in [0.717, 1.165) is 12.8 Å². The van der Waals surface area contributed by atoms with Crippen LogP contribution in [-0.2, 0) is 9.63 Å². The van der Waals surface area contributed by atoms with Crippen LogP contribution in [0.3, 0.4) is 0 Å². The summed E-state index contributed by atoms with van der Waals surface area (Å²) in [6.07, 6.45) is 1.96. The Morgan fingerprint density at radius 3 is 3.00 bits per heavy atom. The molecule has 8 nitrogen and oxygen atoms in total. The largest absolute Gasteiger partial charge is 0.480 e. The molecular formula is C8H17N5O3. The molecular weight excluding hydrogens is 214 g/mol. The fourth-order valence-corrected chi connectivity index (χ4v) is 0.960. The van der Waals surface area contributed by atoms with Crippen LogP contribution in [0, 0.1) is 0 Å². The van der Waals surface area contributed by atoms with Crippen molar-refractivity contribution in [2.75, 3.05) is 19.7 Å². The lowest BCUT2D eigenvalue weighted by atomic mass is 10.1. The van der Waals surface area contributed by atoms with Gasteiger partial charge in [0.1, 0.15) is 6.04 Å². The standard InChI is InChI=1S/C8H17N5O3/c9-7(8(14)15)3-1-2-4-12-16-6-5-11-13-10/h7,12H,1-6,9H2,(H,14,15)/t7-/m0/s1. The first-order chi connectivity index (χ1) is 7.68. The number of unbranched alkanes of at least 4 members (excludes halogenated alkanes) is 1. The Morgan fingerprint density at radius 2 is 2.38 bits per heavy atom. The molecule has 8 heteroatoms. The number of carboxylic acids is 1. The molecule has 0 unspecified atom stereocenters. The van der Waals surface area contributed by atoms with E-state index in [1.54, 1.807) is 0 Å². The summed E-state index contributed by atoms with van der Waals surface area (Å²) in [4.78, 5) is 17.9. The molecule has 0 bridgehead atoms. The lowest BCUT2D eigenvalue weighted by molar-refractivity contribution is -0.138. The third kappa shape index (κ3) is 9.22. The summed E-state index contributed by atoms with van der Waals surface area (Å²) in [5, 5.41) is 11.8. The molecule has 1 atom stereocenters. The third-order valence-corrected chi connectivity index (χ3v) is 1.82. The number of carboxylic acid groups (broad SMARTS) is 1. The molecule has 16 heavy (non-hydrogen) atoms. The van der Waals surface area contributed by atoms with Crippen molar-refractivity contribution >= 4 is 5.97 Å². The van der Waals surface area contributed by atoms with Crippen molar-refractivity contribution in [3.8, 4) is 0 Å². The van der Waals surface area contributed by atoms with E-state index < -0.39 is 12.0 Å². The molecule has 0 aliphatic rings. The van der Waals surface area contributed by atoms with Crippen molar-refractivity contribution in [1.82, 2.24) is 5.48 Å². The van der Waals surface area contributed by atoms with Gasteiger partial charge in [0.05, 0.1) is 13.2 Å². The average molecular weight is 231 g/mol. The zero-order valence-electron chi connectivity index (χ0n) is 9.00. The molecule has 92 valence electrons. The minimum absolute atomic E-state index is 0.285. The summed E-state index contributed by atoms with van der Waals surface area (Å²) in [5.41, 5.74) is 15.9. The average Bonchev–Trinajstić information content (AvgIpc) is 2.26. The van der Waals surface area contributed by atoms with Crippen LogP contribution < -0.4 is 11.2 Å². The Bertz CT molecular complexity index is 242. The van der Waals surface area contributed by atoms with Crippen molar-refractivity contribution in [1.29, 1.82) is 0 Å². The Morgan fingerprint density at radius 1 is 1.62 bits per heavy atom. The second-order valence-corrected chi connectivity index (χ2v) is 3.14. The van der Waals surface area contributed by atoms with Crippen LogP contribution in [-0.4, -0.2) is 36.8 Å². The number of nitrogens with two attached hydrogens (primary N) is 1. The van der Waals surface area contributed by atoms with Crippen LogP contribution in [0.25, 0.3) is 10.4 Å². The van der Waals surface area contributed by atoms with Gasteiger partial charge in [-0.15, -0.1) is 0 Å².